The lowest BCUT2D eigenvalue weighted by Crippen LogP contribution is -2.30. The Morgan fingerprint density at radius 3 is 2.97 bits per heavy atom. The first-order valence-corrected chi connectivity index (χ1v) is 10.6. The molecule has 9 heteroatoms. The van der Waals surface area contributed by atoms with Gasteiger partial charge >= 0.3 is 0 Å². The summed E-state index contributed by atoms with van der Waals surface area (Å²) < 4.78 is 10.9. The molecule has 2 N–H and O–H groups in total. The number of aromatic nitrogens is 2. The average Bonchev–Trinajstić information content (AvgIpc) is 3.42. The molecule has 2 amide bonds. The third-order valence-electron chi connectivity index (χ3n) is 5.04. The Labute approximate surface area is 181 Å². The zero-order valence-electron chi connectivity index (χ0n) is 16.5. The molecule has 5 rings (SSSR count). The van der Waals surface area contributed by atoms with E-state index in [9.17, 15) is 9.59 Å². The number of carbonyl (C=O) groups is 2. The van der Waals surface area contributed by atoms with Gasteiger partial charge in [0.1, 0.15) is 11.3 Å². The van der Waals surface area contributed by atoms with Gasteiger partial charge in [-0.05, 0) is 36.4 Å². The normalized spacial score (nSPS) is 15.2. The van der Waals surface area contributed by atoms with Crippen molar-refractivity contribution >= 4 is 39.4 Å². The lowest BCUT2D eigenvalue weighted by molar-refractivity contribution is -0.119. The Kier molecular flexibility index (Phi) is 4.87. The summed E-state index contributed by atoms with van der Waals surface area (Å²) in [6.45, 7) is 2.07. The summed E-state index contributed by atoms with van der Waals surface area (Å²) in [6.07, 6.45) is 2.06. The smallest absolute Gasteiger partial charge is 0.257 e. The number of oxazole rings is 1. The number of amides is 2. The van der Waals surface area contributed by atoms with Crippen molar-refractivity contribution in [1.82, 2.24) is 15.3 Å². The number of nitrogens with zero attached hydrogens (tertiary/aromatic N) is 2. The lowest BCUT2D eigenvalue weighted by atomic mass is 9.97. The quantitative estimate of drug-likeness (QED) is 0.499. The maximum Gasteiger partial charge on any atom is 0.257 e. The van der Waals surface area contributed by atoms with Crippen LogP contribution < -0.4 is 15.4 Å². The fourth-order valence-corrected chi connectivity index (χ4v) is 4.30. The van der Waals surface area contributed by atoms with Crippen LogP contribution in [-0.2, 0) is 4.79 Å². The fraction of sp³-hybridized carbons (Fsp3) is 0.182. The first-order chi connectivity index (χ1) is 15.1. The molecule has 0 bridgehead atoms. The zero-order valence-corrected chi connectivity index (χ0v) is 17.4. The van der Waals surface area contributed by atoms with Gasteiger partial charge in [-0.25, -0.2) is 9.97 Å². The number of hydrogen-bond acceptors (Lipinski definition) is 7. The van der Waals surface area contributed by atoms with E-state index < -0.39 is 0 Å². The molecule has 0 spiro atoms. The van der Waals surface area contributed by atoms with Gasteiger partial charge < -0.3 is 14.5 Å². The minimum absolute atomic E-state index is 0.0780. The monoisotopic (exact) mass is 434 g/mol. The summed E-state index contributed by atoms with van der Waals surface area (Å²) in [6, 6.07) is 10.8. The van der Waals surface area contributed by atoms with Crippen LogP contribution in [0.2, 0.25) is 0 Å². The van der Waals surface area contributed by atoms with Crippen molar-refractivity contribution in [3.63, 3.8) is 0 Å². The van der Waals surface area contributed by atoms with E-state index in [1.165, 1.54) is 24.7 Å². The molecule has 1 atom stereocenters. The van der Waals surface area contributed by atoms with Gasteiger partial charge in [0.05, 0.1) is 18.3 Å². The number of benzene rings is 2. The number of fused-ring (bicyclic) bond motifs is 2. The fourth-order valence-electron chi connectivity index (χ4n) is 3.58. The van der Waals surface area contributed by atoms with E-state index in [2.05, 4.69) is 20.6 Å². The Morgan fingerprint density at radius 1 is 1.19 bits per heavy atom. The minimum atomic E-state index is -0.268. The number of carbonyl (C=O) groups excluding carboxylic acids is 2. The van der Waals surface area contributed by atoms with Crippen LogP contribution in [-0.4, -0.2) is 28.4 Å². The predicted molar refractivity (Wildman–Crippen MR) is 116 cm³/mol. The van der Waals surface area contributed by atoms with Crippen LogP contribution in [0.1, 0.15) is 35.3 Å². The number of nitrogens with one attached hydrogen (secondary N) is 2. The number of anilines is 1. The van der Waals surface area contributed by atoms with Gasteiger partial charge in [0.15, 0.2) is 17.1 Å². The number of ether oxygens (including phenoxy) is 1. The highest BCUT2D eigenvalue weighted by Crippen LogP contribution is 2.36. The number of rotatable bonds is 4. The van der Waals surface area contributed by atoms with Gasteiger partial charge in [0.25, 0.3) is 5.91 Å². The largest absolute Gasteiger partial charge is 0.493 e. The molecule has 1 unspecified atom stereocenters. The van der Waals surface area contributed by atoms with Crippen molar-refractivity contribution in [2.75, 3.05) is 11.9 Å². The maximum atomic E-state index is 12.6. The van der Waals surface area contributed by atoms with Crippen molar-refractivity contribution in [2.45, 2.75) is 19.4 Å². The molecular weight excluding hydrogens is 416 g/mol. The highest BCUT2D eigenvalue weighted by Gasteiger charge is 2.23. The SMILES string of the molecule is CC(=O)NC1CCOc2ccc(-c3csc(NC(=O)c4ccc5ocnc5c4)n3)cc21. The summed E-state index contributed by atoms with van der Waals surface area (Å²) in [5.74, 6) is 0.418. The molecule has 0 saturated carbocycles. The summed E-state index contributed by atoms with van der Waals surface area (Å²) in [4.78, 5) is 32.8. The van der Waals surface area contributed by atoms with Crippen LogP contribution >= 0.6 is 11.3 Å². The molecule has 3 heterocycles. The van der Waals surface area contributed by atoms with Crippen LogP contribution in [0, 0.1) is 0 Å². The van der Waals surface area contributed by atoms with E-state index in [4.69, 9.17) is 9.15 Å². The summed E-state index contributed by atoms with van der Waals surface area (Å²) >= 11 is 1.34. The topological polar surface area (TPSA) is 106 Å². The summed E-state index contributed by atoms with van der Waals surface area (Å²) in [5.41, 5.74) is 4.28. The summed E-state index contributed by atoms with van der Waals surface area (Å²) in [7, 11) is 0. The molecule has 156 valence electrons. The first-order valence-electron chi connectivity index (χ1n) is 9.71. The Balaban J connectivity index is 1.36. The molecule has 4 aromatic rings. The van der Waals surface area contributed by atoms with E-state index in [1.807, 2.05) is 23.6 Å². The van der Waals surface area contributed by atoms with Crippen LogP contribution in [0.25, 0.3) is 22.4 Å². The number of hydrogen-bond donors (Lipinski definition) is 2. The molecule has 2 aromatic carbocycles. The van der Waals surface area contributed by atoms with Gasteiger partial charge in [0, 0.05) is 35.4 Å². The van der Waals surface area contributed by atoms with Crippen molar-refractivity contribution in [1.29, 1.82) is 0 Å². The van der Waals surface area contributed by atoms with E-state index in [0.717, 1.165) is 22.6 Å². The van der Waals surface area contributed by atoms with Crippen LogP contribution in [0.5, 0.6) is 5.75 Å². The molecule has 31 heavy (non-hydrogen) atoms. The molecule has 0 saturated heterocycles. The van der Waals surface area contributed by atoms with Crippen LogP contribution in [0.4, 0.5) is 5.13 Å². The number of thiazole rings is 1. The Bertz CT molecular complexity index is 1300. The van der Waals surface area contributed by atoms with E-state index in [0.29, 0.717) is 34.8 Å². The molecule has 2 aromatic heterocycles. The van der Waals surface area contributed by atoms with Crippen molar-refractivity contribution in [3.05, 3.63) is 59.3 Å². The van der Waals surface area contributed by atoms with E-state index in [-0.39, 0.29) is 17.9 Å². The van der Waals surface area contributed by atoms with E-state index in [1.54, 1.807) is 18.2 Å². The highest BCUT2D eigenvalue weighted by atomic mass is 32.1. The molecule has 0 fully saturated rings. The molecule has 1 aliphatic rings. The lowest BCUT2D eigenvalue weighted by Gasteiger charge is -2.26. The second kappa shape index (κ2) is 7.84. The third kappa shape index (κ3) is 3.87. The van der Waals surface area contributed by atoms with Gasteiger partial charge in [0.2, 0.25) is 5.91 Å². The third-order valence-corrected chi connectivity index (χ3v) is 5.80. The highest BCUT2D eigenvalue weighted by molar-refractivity contribution is 7.14. The van der Waals surface area contributed by atoms with E-state index >= 15 is 0 Å². The second-order valence-corrected chi connectivity index (χ2v) is 8.03. The molecule has 1 aliphatic heterocycles. The van der Waals surface area contributed by atoms with Crippen molar-refractivity contribution in [3.8, 4) is 17.0 Å². The average molecular weight is 434 g/mol. The van der Waals surface area contributed by atoms with Gasteiger partial charge in [-0.2, -0.15) is 0 Å². The summed E-state index contributed by atoms with van der Waals surface area (Å²) in [5, 5.41) is 8.18. The van der Waals surface area contributed by atoms with Gasteiger partial charge in [-0.15, -0.1) is 11.3 Å². The second-order valence-electron chi connectivity index (χ2n) is 7.17. The van der Waals surface area contributed by atoms with Crippen molar-refractivity contribution < 1.29 is 18.7 Å². The van der Waals surface area contributed by atoms with Crippen LogP contribution in [0.15, 0.2) is 52.6 Å². The molecular formula is C22H18N4O4S. The zero-order chi connectivity index (χ0) is 21.4. The molecule has 0 radical (unpaired) electrons. The van der Waals surface area contributed by atoms with Crippen LogP contribution in [0.3, 0.4) is 0 Å². The minimum Gasteiger partial charge on any atom is -0.493 e. The van der Waals surface area contributed by atoms with Crippen molar-refractivity contribution in [2.24, 2.45) is 0 Å². The van der Waals surface area contributed by atoms with Gasteiger partial charge in [-0.3, -0.25) is 14.9 Å². The standard InChI is InChI=1S/C22H18N4O4S/c1-12(27)24-16-6-7-29-19-4-2-13(8-15(16)19)18-10-31-22(25-18)26-21(28)14-3-5-20-17(9-14)23-11-30-20/h2-5,8-11,16H,6-7H2,1H3,(H,24,27)(H,25,26,28). The Hall–Kier alpha value is -3.72. The first kappa shape index (κ1) is 19.3. The Morgan fingerprint density at radius 2 is 2.10 bits per heavy atom. The maximum absolute atomic E-state index is 12.6. The predicted octanol–water partition coefficient (Wildman–Crippen LogP) is 4.16. The molecule has 8 nitrogen and oxygen atoms in total. The van der Waals surface area contributed by atoms with Gasteiger partial charge in [-0.1, -0.05) is 0 Å². The molecule has 0 aliphatic carbocycles.